The number of benzene rings is 6. The van der Waals surface area contributed by atoms with Crippen LogP contribution in [0.4, 0.5) is 0 Å². The van der Waals surface area contributed by atoms with Crippen LogP contribution in [0.2, 0.25) is 0 Å². The van der Waals surface area contributed by atoms with Crippen LogP contribution in [0.25, 0.3) is 88.3 Å². The lowest BCUT2D eigenvalue weighted by atomic mass is 9.98. The van der Waals surface area contributed by atoms with Crippen molar-refractivity contribution in [2.24, 2.45) is 0 Å². The van der Waals surface area contributed by atoms with Gasteiger partial charge in [-0.25, -0.2) is 0 Å². The van der Waals surface area contributed by atoms with Crippen LogP contribution in [-0.2, 0) is 6.42 Å². The van der Waals surface area contributed by atoms with E-state index in [0.29, 0.717) is 0 Å². The molecule has 11 rings (SSSR count). The molecule has 0 atom stereocenters. The van der Waals surface area contributed by atoms with E-state index in [9.17, 15) is 0 Å². The van der Waals surface area contributed by atoms with E-state index in [1.54, 1.807) is 0 Å². The van der Waals surface area contributed by atoms with Crippen molar-refractivity contribution in [2.75, 3.05) is 0 Å². The Hall–Kier alpha value is -5.80. The van der Waals surface area contributed by atoms with E-state index in [1.807, 2.05) is 0 Å². The van der Waals surface area contributed by atoms with Gasteiger partial charge in [-0.05, 0) is 67.4 Å². The summed E-state index contributed by atoms with van der Waals surface area (Å²) in [5.41, 5.74) is 12.8. The van der Waals surface area contributed by atoms with Gasteiger partial charge in [-0.3, -0.25) is 0 Å². The molecule has 0 fully saturated rings. The summed E-state index contributed by atoms with van der Waals surface area (Å²) in [5, 5.41) is 9.34. The third kappa shape index (κ3) is 2.86. The zero-order valence-corrected chi connectivity index (χ0v) is 24.5. The lowest BCUT2D eigenvalue weighted by Gasteiger charge is -2.13. The fraction of sp³-hybridized carbons (Fsp3) is 0.0476. The number of aromatic nitrogens is 3. The lowest BCUT2D eigenvalue weighted by molar-refractivity contribution is 0.888. The molecule has 10 aromatic rings. The molecule has 0 unspecified atom stereocenters. The number of rotatable bonds is 2. The van der Waals surface area contributed by atoms with Crippen molar-refractivity contribution in [2.45, 2.75) is 12.8 Å². The van der Waals surface area contributed by atoms with Gasteiger partial charge in [-0.15, -0.1) is 0 Å². The van der Waals surface area contributed by atoms with Crippen LogP contribution in [0.15, 0.2) is 133 Å². The van der Waals surface area contributed by atoms with Crippen molar-refractivity contribution < 1.29 is 0 Å². The van der Waals surface area contributed by atoms with Gasteiger partial charge in [0.2, 0.25) is 0 Å². The molecule has 0 aliphatic heterocycles. The quantitative estimate of drug-likeness (QED) is 0.195. The minimum Gasteiger partial charge on any atom is -0.313 e. The largest absolute Gasteiger partial charge is 0.313 e. The Balaban J connectivity index is 1.33. The van der Waals surface area contributed by atoms with Crippen molar-refractivity contribution in [1.29, 1.82) is 0 Å². The molecule has 3 heteroatoms. The van der Waals surface area contributed by atoms with Gasteiger partial charge in [0, 0.05) is 60.3 Å². The predicted octanol–water partition coefficient (Wildman–Crippen LogP) is 10.8. The van der Waals surface area contributed by atoms with Crippen molar-refractivity contribution in [3.63, 3.8) is 0 Å². The maximum absolute atomic E-state index is 2.54. The molecule has 0 N–H and O–H groups in total. The van der Waals surface area contributed by atoms with Gasteiger partial charge in [0.25, 0.3) is 0 Å². The Kier molecular flexibility index (Phi) is 4.43. The van der Waals surface area contributed by atoms with E-state index < -0.39 is 0 Å². The van der Waals surface area contributed by atoms with Crippen LogP contribution < -0.4 is 0 Å². The van der Waals surface area contributed by atoms with E-state index in [2.05, 4.69) is 153 Å². The lowest BCUT2D eigenvalue weighted by Crippen LogP contribution is -2.02. The minimum absolute atomic E-state index is 1.05. The summed E-state index contributed by atoms with van der Waals surface area (Å²) in [6.45, 7) is 0. The van der Waals surface area contributed by atoms with Gasteiger partial charge in [0.1, 0.15) is 0 Å². The first-order valence-electron chi connectivity index (χ1n) is 15.9. The maximum atomic E-state index is 2.54. The molecule has 1 aliphatic carbocycles. The van der Waals surface area contributed by atoms with Gasteiger partial charge in [0.05, 0.1) is 33.1 Å². The highest BCUT2D eigenvalue weighted by Crippen LogP contribution is 2.48. The Morgan fingerprint density at radius 2 is 0.978 bits per heavy atom. The minimum atomic E-state index is 1.05. The molecule has 6 aromatic carbocycles. The summed E-state index contributed by atoms with van der Waals surface area (Å²) in [4.78, 5) is 0. The molecular weight excluding hydrogens is 546 g/mol. The topological polar surface area (TPSA) is 14.3 Å². The van der Waals surface area contributed by atoms with Gasteiger partial charge < -0.3 is 13.5 Å². The first-order valence-corrected chi connectivity index (χ1v) is 15.9. The van der Waals surface area contributed by atoms with Crippen LogP contribution in [-0.4, -0.2) is 13.5 Å². The second kappa shape index (κ2) is 8.43. The van der Waals surface area contributed by atoms with Crippen molar-refractivity contribution >= 4 is 76.9 Å². The van der Waals surface area contributed by atoms with E-state index in [1.165, 1.54) is 93.4 Å². The first-order chi connectivity index (χ1) is 22.4. The Morgan fingerprint density at radius 3 is 1.71 bits per heavy atom. The third-order valence-corrected chi connectivity index (χ3v) is 10.2. The van der Waals surface area contributed by atoms with Gasteiger partial charge in [-0.1, -0.05) is 84.9 Å². The van der Waals surface area contributed by atoms with Gasteiger partial charge in [0.15, 0.2) is 0 Å². The van der Waals surface area contributed by atoms with Crippen LogP contribution in [0, 0.1) is 0 Å². The normalized spacial score (nSPS) is 13.5. The van der Waals surface area contributed by atoms with E-state index in [-0.39, 0.29) is 0 Å². The summed E-state index contributed by atoms with van der Waals surface area (Å²) >= 11 is 0. The van der Waals surface area contributed by atoms with Crippen molar-refractivity contribution in [3.8, 4) is 11.4 Å². The Morgan fingerprint density at radius 1 is 0.422 bits per heavy atom. The van der Waals surface area contributed by atoms with Crippen molar-refractivity contribution in [1.82, 2.24) is 13.5 Å². The number of para-hydroxylation sites is 4. The molecule has 0 bridgehead atoms. The molecular formula is C42H27N3. The number of hydrogen-bond donors (Lipinski definition) is 0. The molecule has 4 aromatic heterocycles. The Bertz CT molecular complexity index is 2840. The van der Waals surface area contributed by atoms with Crippen molar-refractivity contribution in [3.05, 3.63) is 145 Å². The van der Waals surface area contributed by atoms with Crippen LogP contribution in [0.3, 0.4) is 0 Å². The molecule has 4 heterocycles. The van der Waals surface area contributed by atoms with Gasteiger partial charge >= 0.3 is 0 Å². The second-order valence-corrected chi connectivity index (χ2v) is 12.4. The van der Waals surface area contributed by atoms with E-state index in [0.717, 1.165) is 12.8 Å². The summed E-state index contributed by atoms with van der Waals surface area (Å²) in [6.07, 6.45) is 6.84. The highest BCUT2D eigenvalue weighted by molar-refractivity contribution is 6.35. The zero-order valence-electron chi connectivity index (χ0n) is 24.5. The maximum Gasteiger partial charge on any atom is 0.0620 e. The Labute approximate surface area is 258 Å². The fourth-order valence-electron chi connectivity index (χ4n) is 8.55. The summed E-state index contributed by atoms with van der Waals surface area (Å²) < 4.78 is 7.47. The monoisotopic (exact) mass is 573 g/mol. The molecule has 3 nitrogen and oxygen atoms in total. The van der Waals surface area contributed by atoms with E-state index >= 15 is 0 Å². The molecule has 0 saturated carbocycles. The molecule has 1 aliphatic rings. The molecule has 0 spiro atoms. The molecule has 0 saturated heterocycles. The first kappa shape index (κ1) is 23.6. The van der Waals surface area contributed by atoms with Crippen LogP contribution >= 0.6 is 0 Å². The summed E-state index contributed by atoms with van der Waals surface area (Å²) in [5.74, 6) is 0. The fourth-order valence-corrected chi connectivity index (χ4v) is 8.55. The third-order valence-electron chi connectivity index (χ3n) is 10.2. The molecule has 210 valence electrons. The second-order valence-electron chi connectivity index (χ2n) is 12.4. The SMILES string of the molecule is C1=Cc2c(n(-c3ccccc3)c3ccc4c(c5cccc6c7c8c9ccccc9n(-c9ccccc9)c8ccc7n4c56)c23)CC1. The van der Waals surface area contributed by atoms with Crippen LogP contribution in [0.1, 0.15) is 17.7 Å². The number of fused-ring (bicyclic) bond motifs is 14. The highest BCUT2D eigenvalue weighted by Gasteiger charge is 2.26. The molecule has 45 heavy (non-hydrogen) atoms. The highest BCUT2D eigenvalue weighted by atomic mass is 15.0. The summed E-state index contributed by atoms with van der Waals surface area (Å²) in [6, 6.07) is 46.8. The summed E-state index contributed by atoms with van der Waals surface area (Å²) in [7, 11) is 0. The number of hydrogen-bond acceptors (Lipinski definition) is 0. The smallest absolute Gasteiger partial charge is 0.0620 e. The standard InChI is InChI=1S/C42H27N3/c1-3-12-26(13-4-1)43-32-20-9-7-16-28(32)38-34(43)22-24-36-40(38)30-18-11-19-31-41-37(45(36)42(30)31)25-23-35-39(41)29-17-8-10-21-33(29)44(35)27-14-5-2-6-15-27/h1-9,11-20,22-25H,10,21H2. The average molecular weight is 574 g/mol. The predicted molar refractivity (Wildman–Crippen MR) is 190 cm³/mol. The average Bonchev–Trinajstić information content (AvgIpc) is 3.82. The van der Waals surface area contributed by atoms with Crippen LogP contribution in [0.5, 0.6) is 0 Å². The molecule has 0 amide bonds. The zero-order chi connectivity index (χ0) is 29.2. The van der Waals surface area contributed by atoms with Gasteiger partial charge in [-0.2, -0.15) is 0 Å². The van der Waals surface area contributed by atoms with E-state index in [4.69, 9.17) is 0 Å². The number of allylic oxidation sites excluding steroid dienone is 1. The number of nitrogens with zero attached hydrogens (tertiary/aromatic N) is 3. The molecule has 0 radical (unpaired) electrons.